The van der Waals surface area contributed by atoms with Gasteiger partial charge in [-0.3, -0.25) is 0 Å². The molecule has 0 fully saturated rings. The van der Waals surface area contributed by atoms with Crippen molar-refractivity contribution in [3.05, 3.63) is 33.7 Å². The van der Waals surface area contributed by atoms with Crippen molar-refractivity contribution < 1.29 is 9.90 Å². The normalized spacial score (nSPS) is 10.8. The van der Waals surface area contributed by atoms with Crippen molar-refractivity contribution in [2.75, 3.05) is 19.0 Å². The maximum Gasteiger partial charge on any atom is 0.224 e. The molecular weight excluding hydrogens is 368 g/mol. The fourth-order valence-electron chi connectivity index (χ4n) is 2.02. The van der Waals surface area contributed by atoms with E-state index in [0.29, 0.717) is 25.9 Å². The Hall–Kier alpha value is -2.03. The van der Waals surface area contributed by atoms with Gasteiger partial charge in [0.1, 0.15) is 5.01 Å². The lowest BCUT2D eigenvalue weighted by atomic mass is 10.2. The summed E-state index contributed by atoms with van der Waals surface area (Å²) in [7, 11) is 3.71. The van der Waals surface area contributed by atoms with Crippen molar-refractivity contribution in [2.24, 2.45) is 0 Å². The van der Waals surface area contributed by atoms with Gasteiger partial charge in [0, 0.05) is 49.3 Å². The van der Waals surface area contributed by atoms with Crippen LogP contribution in [-0.2, 0) is 11.2 Å². The fraction of sp³-hybridized carbons (Fsp3) is 0.200. The van der Waals surface area contributed by atoms with Crippen LogP contribution in [0.25, 0.3) is 21.1 Å². The number of carboxylic acid groups (broad SMARTS) is 1. The number of aliphatic carboxylic acids is 1. The molecular formula is C15H12ClN4O2S2-. The summed E-state index contributed by atoms with van der Waals surface area (Å²) in [5.41, 5.74) is 1.35. The number of nitrogens with zero attached hydrogens (tertiary/aromatic N) is 4. The van der Waals surface area contributed by atoms with E-state index in [2.05, 4.69) is 15.0 Å². The molecule has 3 aromatic rings. The van der Waals surface area contributed by atoms with E-state index >= 15 is 0 Å². The van der Waals surface area contributed by atoms with E-state index in [9.17, 15) is 9.90 Å². The number of halogens is 1. The molecule has 0 unspecified atom stereocenters. The topological polar surface area (TPSA) is 82.0 Å². The van der Waals surface area contributed by atoms with Gasteiger partial charge < -0.3 is 14.8 Å². The summed E-state index contributed by atoms with van der Waals surface area (Å²) >= 11 is 8.63. The summed E-state index contributed by atoms with van der Waals surface area (Å²) in [5, 5.41) is 11.7. The van der Waals surface area contributed by atoms with Crippen molar-refractivity contribution in [1.82, 2.24) is 15.0 Å². The van der Waals surface area contributed by atoms with Crippen LogP contribution in [0.3, 0.4) is 0 Å². The van der Waals surface area contributed by atoms with Crippen molar-refractivity contribution in [3.63, 3.8) is 0 Å². The molecule has 3 heterocycles. The first kappa shape index (κ1) is 16.8. The summed E-state index contributed by atoms with van der Waals surface area (Å²) in [5.74, 6) is -0.552. The standard InChI is InChI=1S/C15H13ClN4O2S2/c1-20(2)15-17-6-8(7-18-15)14-19-13(9-3-4-11(16)23-9)10(24-14)5-12(21)22/h3-4,6-7H,5H2,1-2H3,(H,21,22)/p-1. The molecule has 124 valence electrons. The predicted molar refractivity (Wildman–Crippen MR) is 94.5 cm³/mol. The van der Waals surface area contributed by atoms with Crippen LogP contribution < -0.4 is 10.0 Å². The first-order valence-electron chi connectivity index (χ1n) is 6.89. The number of hydrogen-bond acceptors (Lipinski definition) is 8. The molecule has 24 heavy (non-hydrogen) atoms. The smallest absolute Gasteiger partial charge is 0.224 e. The molecule has 3 rings (SSSR count). The number of carbonyl (C=O) groups excluding carboxylic acids is 1. The molecule has 0 aromatic carbocycles. The molecule has 9 heteroatoms. The first-order valence-corrected chi connectivity index (χ1v) is 8.90. The molecule has 0 aliphatic rings. The molecule has 3 aromatic heterocycles. The van der Waals surface area contributed by atoms with Crippen LogP contribution in [0, 0.1) is 0 Å². The van der Waals surface area contributed by atoms with Crippen molar-refractivity contribution in [2.45, 2.75) is 6.42 Å². The summed E-state index contributed by atoms with van der Waals surface area (Å²) < 4.78 is 0.623. The monoisotopic (exact) mass is 379 g/mol. The lowest BCUT2D eigenvalue weighted by molar-refractivity contribution is -0.304. The molecule has 0 amide bonds. The largest absolute Gasteiger partial charge is 0.550 e. The third-order valence-electron chi connectivity index (χ3n) is 3.09. The highest BCUT2D eigenvalue weighted by atomic mass is 35.5. The van der Waals surface area contributed by atoms with Gasteiger partial charge in [0.25, 0.3) is 0 Å². The first-order chi connectivity index (χ1) is 11.4. The molecule has 6 nitrogen and oxygen atoms in total. The Morgan fingerprint density at radius 3 is 2.50 bits per heavy atom. The van der Waals surface area contributed by atoms with Gasteiger partial charge in [-0.1, -0.05) is 11.6 Å². The van der Waals surface area contributed by atoms with E-state index in [1.165, 1.54) is 22.7 Å². The van der Waals surface area contributed by atoms with Crippen LogP contribution >= 0.6 is 34.3 Å². The Bertz CT molecular complexity index is 874. The van der Waals surface area contributed by atoms with Gasteiger partial charge in [-0.25, -0.2) is 15.0 Å². The summed E-state index contributed by atoms with van der Waals surface area (Å²) in [6.07, 6.45) is 3.16. The molecule has 0 atom stereocenters. The maximum absolute atomic E-state index is 11.0. The van der Waals surface area contributed by atoms with Gasteiger partial charge in [-0.15, -0.1) is 22.7 Å². The Balaban J connectivity index is 2.02. The van der Waals surface area contributed by atoms with Gasteiger partial charge in [-0.2, -0.15) is 0 Å². The van der Waals surface area contributed by atoms with Gasteiger partial charge in [0.05, 0.1) is 14.9 Å². The lowest BCUT2D eigenvalue weighted by Gasteiger charge is -2.08. The zero-order valence-corrected chi connectivity index (χ0v) is 15.2. The van der Waals surface area contributed by atoms with E-state index in [1.807, 2.05) is 20.2 Å². The maximum atomic E-state index is 11.0. The fourth-order valence-corrected chi connectivity index (χ4v) is 4.18. The average molecular weight is 380 g/mol. The minimum absolute atomic E-state index is 0.195. The van der Waals surface area contributed by atoms with Crippen molar-refractivity contribution in [3.8, 4) is 21.1 Å². The van der Waals surface area contributed by atoms with Crippen molar-refractivity contribution in [1.29, 1.82) is 0 Å². The van der Waals surface area contributed by atoms with Crippen molar-refractivity contribution >= 4 is 46.2 Å². The zero-order valence-electron chi connectivity index (χ0n) is 12.8. The quantitative estimate of drug-likeness (QED) is 0.676. The molecule has 0 aliphatic carbocycles. The van der Waals surface area contributed by atoms with E-state index in [-0.39, 0.29) is 6.42 Å². The highest BCUT2D eigenvalue weighted by Gasteiger charge is 2.17. The number of rotatable bonds is 5. The second-order valence-electron chi connectivity index (χ2n) is 5.11. The SMILES string of the molecule is CN(C)c1ncc(-c2nc(-c3ccc(Cl)s3)c(CC(=O)[O-])s2)cn1. The van der Waals surface area contributed by atoms with E-state index in [0.717, 1.165) is 10.4 Å². The minimum atomic E-state index is -1.15. The van der Waals surface area contributed by atoms with Crippen LogP contribution in [-0.4, -0.2) is 35.0 Å². The Labute approximate surface area is 151 Å². The number of carbonyl (C=O) groups is 1. The highest BCUT2D eigenvalue weighted by Crippen LogP contribution is 2.38. The van der Waals surface area contributed by atoms with E-state index in [1.54, 1.807) is 23.4 Å². The minimum Gasteiger partial charge on any atom is -0.550 e. The van der Waals surface area contributed by atoms with Gasteiger partial charge in [0.15, 0.2) is 0 Å². The van der Waals surface area contributed by atoms with Gasteiger partial charge in [0.2, 0.25) is 5.95 Å². The highest BCUT2D eigenvalue weighted by molar-refractivity contribution is 7.20. The van der Waals surface area contributed by atoms with E-state index in [4.69, 9.17) is 11.6 Å². The van der Waals surface area contributed by atoms with Crippen LogP contribution in [0.15, 0.2) is 24.5 Å². The molecule has 0 bridgehead atoms. The Morgan fingerprint density at radius 1 is 1.25 bits per heavy atom. The number of carboxylic acids is 1. The summed E-state index contributed by atoms with van der Waals surface area (Å²) in [6.45, 7) is 0. The summed E-state index contributed by atoms with van der Waals surface area (Å²) in [6, 6.07) is 3.59. The average Bonchev–Trinajstić information content (AvgIpc) is 3.13. The number of anilines is 1. The van der Waals surface area contributed by atoms with Crippen LogP contribution in [0.4, 0.5) is 5.95 Å². The van der Waals surface area contributed by atoms with Gasteiger partial charge in [-0.05, 0) is 12.1 Å². The number of aromatic nitrogens is 3. The second-order valence-corrected chi connectivity index (χ2v) is 7.91. The van der Waals surface area contributed by atoms with Crippen LogP contribution in [0.5, 0.6) is 0 Å². The molecule has 0 spiro atoms. The molecule has 0 saturated carbocycles. The molecule has 0 radical (unpaired) electrons. The molecule has 0 aliphatic heterocycles. The second kappa shape index (κ2) is 6.84. The zero-order chi connectivity index (χ0) is 17.3. The van der Waals surface area contributed by atoms with E-state index < -0.39 is 5.97 Å². The number of hydrogen-bond donors (Lipinski definition) is 0. The third-order valence-corrected chi connectivity index (χ3v) is 5.44. The molecule has 0 saturated heterocycles. The lowest BCUT2D eigenvalue weighted by Crippen LogP contribution is -2.24. The molecule has 0 N–H and O–H groups in total. The van der Waals surface area contributed by atoms with Crippen LogP contribution in [0.2, 0.25) is 4.34 Å². The third kappa shape index (κ3) is 3.55. The summed E-state index contributed by atoms with van der Waals surface area (Å²) in [4.78, 5) is 27.4. The predicted octanol–water partition coefficient (Wildman–Crippen LogP) is 2.34. The number of thiophene rings is 1. The van der Waals surface area contributed by atoms with Crippen LogP contribution in [0.1, 0.15) is 4.88 Å². The van der Waals surface area contributed by atoms with Gasteiger partial charge >= 0.3 is 0 Å². The Morgan fingerprint density at radius 2 is 1.96 bits per heavy atom. The Kier molecular flexibility index (Phi) is 4.79. The number of thiazole rings is 1.